The molecule has 0 heterocycles. The van der Waals surface area contributed by atoms with Gasteiger partial charge in [-0.1, -0.05) is 82.2 Å². The van der Waals surface area contributed by atoms with Crippen molar-refractivity contribution >= 4 is 12.6 Å². The van der Waals surface area contributed by atoms with Crippen molar-refractivity contribution in [3.05, 3.63) is 76.1 Å². The number of rotatable bonds is 8. The van der Waals surface area contributed by atoms with E-state index in [0.29, 0.717) is 23.2 Å². The fraction of sp³-hybridized carbons (Fsp3) is 0.567. The van der Waals surface area contributed by atoms with Gasteiger partial charge in [0, 0.05) is 11.7 Å². The minimum Gasteiger partial charge on any atom is -0.174 e. The van der Waals surface area contributed by atoms with E-state index in [1.54, 1.807) is 11.1 Å². The van der Waals surface area contributed by atoms with Crippen LogP contribution in [0.1, 0.15) is 80.6 Å². The molecule has 0 aromatic carbocycles. The Morgan fingerprint density at radius 2 is 2.10 bits per heavy atom. The van der Waals surface area contributed by atoms with Crippen molar-refractivity contribution in [2.75, 3.05) is 5.75 Å². The Morgan fingerprint density at radius 1 is 1.35 bits per heavy atom. The van der Waals surface area contributed by atoms with E-state index in [0.717, 1.165) is 18.6 Å². The van der Waals surface area contributed by atoms with E-state index in [9.17, 15) is 0 Å². The van der Waals surface area contributed by atoms with Gasteiger partial charge in [-0.15, -0.1) is 5.73 Å². The van der Waals surface area contributed by atoms with Crippen LogP contribution in [0, 0.1) is 23.2 Å². The van der Waals surface area contributed by atoms with Crippen LogP contribution >= 0.6 is 12.6 Å². The highest BCUT2D eigenvalue weighted by Gasteiger charge is 2.35. The van der Waals surface area contributed by atoms with Gasteiger partial charge in [-0.05, 0) is 86.0 Å². The predicted octanol–water partition coefficient (Wildman–Crippen LogP) is 9.21. The molecule has 0 spiro atoms. The Balaban J connectivity index is 2.45. The molecule has 2 rings (SSSR count). The van der Waals surface area contributed by atoms with Crippen molar-refractivity contribution in [1.82, 2.24) is 0 Å². The molecule has 3 unspecified atom stereocenters. The van der Waals surface area contributed by atoms with Gasteiger partial charge in [-0.3, -0.25) is 0 Å². The lowest BCUT2D eigenvalue weighted by Gasteiger charge is -2.41. The van der Waals surface area contributed by atoms with E-state index in [-0.39, 0.29) is 0 Å². The first kappa shape index (κ1) is 25.8. The summed E-state index contributed by atoms with van der Waals surface area (Å²) in [6, 6.07) is 0. The third-order valence-electron chi connectivity index (χ3n) is 6.87. The van der Waals surface area contributed by atoms with E-state index in [1.807, 2.05) is 0 Å². The maximum atomic E-state index is 4.39. The topological polar surface area (TPSA) is 0 Å². The Morgan fingerprint density at radius 3 is 2.74 bits per heavy atom. The zero-order valence-corrected chi connectivity index (χ0v) is 21.9. The van der Waals surface area contributed by atoms with Gasteiger partial charge in [0.15, 0.2) is 0 Å². The molecule has 0 fully saturated rings. The first-order valence-corrected chi connectivity index (χ1v) is 12.8. The van der Waals surface area contributed by atoms with Crippen LogP contribution in [0.5, 0.6) is 0 Å². The molecular formula is C30H44S. The summed E-state index contributed by atoms with van der Waals surface area (Å²) in [5.41, 5.74) is 11.3. The van der Waals surface area contributed by atoms with Gasteiger partial charge < -0.3 is 0 Å². The summed E-state index contributed by atoms with van der Waals surface area (Å²) in [4.78, 5) is 0. The van der Waals surface area contributed by atoms with Gasteiger partial charge in [0.1, 0.15) is 0 Å². The molecule has 31 heavy (non-hydrogen) atoms. The van der Waals surface area contributed by atoms with Crippen LogP contribution in [0.15, 0.2) is 76.1 Å². The highest BCUT2D eigenvalue weighted by Crippen LogP contribution is 2.48. The van der Waals surface area contributed by atoms with Crippen LogP contribution in [-0.2, 0) is 0 Å². The standard InChI is InChI=1S/C30H44S/c1-8-10-13-26-14-11-12-15-27(26)18-28-20-30(6,7)19-23(4)29(28)24(5)25(9-2)17-16-22(3)21-31/h9-14,17,23-24,27,31H,8,15,18-21H2,1-7H3/b13-10-,25-9+. The lowest BCUT2D eigenvalue weighted by Crippen LogP contribution is -2.28. The van der Waals surface area contributed by atoms with Crippen LogP contribution in [-0.4, -0.2) is 5.75 Å². The predicted molar refractivity (Wildman–Crippen MR) is 143 cm³/mol. The van der Waals surface area contributed by atoms with Gasteiger partial charge >= 0.3 is 0 Å². The van der Waals surface area contributed by atoms with Crippen LogP contribution in [0.4, 0.5) is 0 Å². The van der Waals surface area contributed by atoms with Crippen molar-refractivity contribution in [3.8, 4) is 0 Å². The average Bonchev–Trinajstić information content (AvgIpc) is 2.72. The molecular weight excluding hydrogens is 392 g/mol. The average molecular weight is 437 g/mol. The summed E-state index contributed by atoms with van der Waals surface area (Å²) in [6.45, 7) is 16.2. The number of hydrogen-bond acceptors (Lipinski definition) is 1. The first-order chi connectivity index (χ1) is 14.7. The minimum absolute atomic E-state index is 0.375. The van der Waals surface area contributed by atoms with Crippen LogP contribution in [0.2, 0.25) is 0 Å². The maximum absolute atomic E-state index is 4.39. The summed E-state index contributed by atoms with van der Waals surface area (Å²) < 4.78 is 0. The van der Waals surface area contributed by atoms with Crippen LogP contribution < -0.4 is 0 Å². The van der Waals surface area contributed by atoms with Gasteiger partial charge in [0.05, 0.1) is 0 Å². The lowest BCUT2D eigenvalue weighted by molar-refractivity contribution is 0.254. The molecule has 3 atom stereocenters. The van der Waals surface area contributed by atoms with Crippen molar-refractivity contribution in [2.45, 2.75) is 80.6 Å². The molecule has 0 saturated carbocycles. The number of thiol groups is 1. The molecule has 0 nitrogen and oxygen atoms in total. The highest BCUT2D eigenvalue weighted by molar-refractivity contribution is 7.80. The molecule has 0 aromatic rings. The molecule has 2 aliphatic rings. The summed E-state index contributed by atoms with van der Waals surface area (Å²) in [7, 11) is 0. The zero-order chi connectivity index (χ0) is 23.0. The Kier molecular flexibility index (Phi) is 9.98. The molecule has 2 aliphatic carbocycles. The van der Waals surface area contributed by atoms with Crippen LogP contribution in [0.3, 0.4) is 0 Å². The van der Waals surface area contributed by atoms with E-state index in [1.165, 1.54) is 36.0 Å². The molecule has 170 valence electrons. The number of hydrogen-bond donors (Lipinski definition) is 1. The molecule has 0 bridgehead atoms. The fourth-order valence-corrected chi connectivity index (χ4v) is 5.58. The van der Waals surface area contributed by atoms with Crippen molar-refractivity contribution in [3.63, 3.8) is 0 Å². The molecule has 1 heteroatoms. The SMILES string of the molecule is C/C=C(\C=C=C(C)CS)C(C)C1=C(CC2CC=CC=C2/C=C\CC)CC(C)(C)CC1C. The quantitative estimate of drug-likeness (QED) is 0.167. The summed E-state index contributed by atoms with van der Waals surface area (Å²) in [5, 5.41) is 0. The fourth-order valence-electron chi connectivity index (χ4n) is 5.49. The largest absolute Gasteiger partial charge is 0.174 e. The van der Waals surface area contributed by atoms with E-state index in [4.69, 9.17) is 0 Å². The molecule has 0 saturated heterocycles. The van der Waals surface area contributed by atoms with Crippen molar-refractivity contribution in [1.29, 1.82) is 0 Å². The van der Waals surface area contributed by atoms with Gasteiger partial charge in [0.2, 0.25) is 0 Å². The number of allylic oxidation sites excluding steroid dienone is 10. The highest BCUT2D eigenvalue weighted by atomic mass is 32.1. The Hall–Kier alpha value is -1.43. The van der Waals surface area contributed by atoms with E-state index >= 15 is 0 Å². The lowest BCUT2D eigenvalue weighted by atomic mass is 9.64. The van der Waals surface area contributed by atoms with Gasteiger partial charge in [0.25, 0.3) is 0 Å². The monoisotopic (exact) mass is 436 g/mol. The second-order valence-electron chi connectivity index (χ2n) is 10.3. The Bertz CT molecular complexity index is 834. The smallest absolute Gasteiger partial charge is 0.0186 e. The summed E-state index contributed by atoms with van der Waals surface area (Å²) in [5.74, 6) is 2.41. The van der Waals surface area contributed by atoms with E-state index in [2.05, 4.69) is 109 Å². The van der Waals surface area contributed by atoms with Crippen LogP contribution in [0.25, 0.3) is 0 Å². The first-order valence-electron chi connectivity index (χ1n) is 12.2. The second kappa shape index (κ2) is 12.0. The van der Waals surface area contributed by atoms with Crippen molar-refractivity contribution in [2.24, 2.45) is 23.2 Å². The molecule has 0 aromatic heterocycles. The second-order valence-corrected chi connectivity index (χ2v) is 10.6. The summed E-state index contributed by atoms with van der Waals surface area (Å²) in [6.07, 6.45) is 22.0. The normalized spacial score (nSPS) is 24.8. The molecule has 0 radical (unpaired) electrons. The minimum atomic E-state index is 0.375. The molecule has 0 aliphatic heterocycles. The van der Waals surface area contributed by atoms with Gasteiger partial charge in [-0.2, -0.15) is 12.6 Å². The van der Waals surface area contributed by atoms with E-state index < -0.39 is 0 Å². The third kappa shape index (κ3) is 7.30. The third-order valence-corrected chi connectivity index (χ3v) is 7.34. The Labute approximate surface area is 198 Å². The molecule has 0 amide bonds. The zero-order valence-electron chi connectivity index (χ0n) is 21.0. The summed E-state index contributed by atoms with van der Waals surface area (Å²) >= 11 is 4.39. The van der Waals surface area contributed by atoms with Crippen molar-refractivity contribution < 1.29 is 0 Å². The maximum Gasteiger partial charge on any atom is 0.0186 e. The van der Waals surface area contributed by atoms with Gasteiger partial charge in [-0.25, -0.2) is 0 Å². The molecule has 0 N–H and O–H groups in total.